The van der Waals surface area contributed by atoms with Crippen LogP contribution >= 0.6 is 0 Å². The van der Waals surface area contributed by atoms with Crippen molar-refractivity contribution < 1.29 is 14.6 Å². The Hall–Kier alpha value is -0.700. The summed E-state index contributed by atoms with van der Waals surface area (Å²) in [5, 5.41) is 9.15. The van der Waals surface area contributed by atoms with Crippen molar-refractivity contribution in [3.8, 4) is 0 Å². The van der Waals surface area contributed by atoms with Crippen molar-refractivity contribution in [2.24, 2.45) is 0 Å². The Labute approximate surface area is 60.3 Å². The highest BCUT2D eigenvalue weighted by Gasteiger charge is 2.37. The van der Waals surface area contributed by atoms with Crippen LogP contribution in [0, 0.1) is 0 Å². The van der Waals surface area contributed by atoms with Crippen molar-refractivity contribution in [1.29, 1.82) is 0 Å². The van der Waals surface area contributed by atoms with Gasteiger partial charge in [0.2, 0.25) is 0 Å². The molecule has 0 bridgehead atoms. The zero-order valence-electron chi connectivity index (χ0n) is 6.42. The molecule has 1 heterocycles. The van der Waals surface area contributed by atoms with Gasteiger partial charge >= 0.3 is 0 Å². The van der Waals surface area contributed by atoms with Gasteiger partial charge in [0, 0.05) is 6.92 Å². The molecular formula is C7H12O3. The number of ether oxygens (including phenoxy) is 2. The summed E-state index contributed by atoms with van der Waals surface area (Å²) in [4.78, 5) is 0. The molecule has 0 radical (unpaired) electrons. The standard InChI is InChI=1S/C7H12O3/c1-5-4-9-7(3,10-5)6(2)8/h4,6,8H,1-3H3. The quantitative estimate of drug-likeness (QED) is 0.596. The zero-order chi connectivity index (χ0) is 7.78. The van der Waals surface area contributed by atoms with Gasteiger partial charge < -0.3 is 14.6 Å². The molecule has 3 nitrogen and oxygen atoms in total. The van der Waals surface area contributed by atoms with E-state index in [2.05, 4.69) is 0 Å². The number of aliphatic hydroxyl groups excluding tert-OH is 1. The van der Waals surface area contributed by atoms with Crippen LogP contribution in [0.1, 0.15) is 20.8 Å². The Morgan fingerprint density at radius 1 is 1.70 bits per heavy atom. The highest BCUT2D eigenvalue weighted by molar-refractivity contribution is 4.93. The summed E-state index contributed by atoms with van der Waals surface area (Å²) in [6.07, 6.45) is 0.883. The lowest BCUT2D eigenvalue weighted by Gasteiger charge is -2.26. The predicted molar refractivity (Wildman–Crippen MR) is 36.0 cm³/mol. The summed E-state index contributed by atoms with van der Waals surface area (Å²) < 4.78 is 10.3. The van der Waals surface area contributed by atoms with Crippen molar-refractivity contribution in [3.63, 3.8) is 0 Å². The summed E-state index contributed by atoms with van der Waals surface area (Å²) >= 11 is 0. The van der Waals surface area contributed by atoms with Crippen LogP contribution in [0.5, 0.6) is 0 Å². The van der Waals surface area contributed by atoms with Gasteiger partial charge in [-0.05, 0) is 13.8 Å². The average molecular weight is 144 g/mol. The SMILES string of the molecule is CC1=COC(C)(C(C)O)O1. The van der Waals surface area contributed by atoms with Gasteiger partial charge in [-0.25, -0.2) is 0 Å². The van der Waals surface area contributed by atoms with Crippen LogP contribution in [0.15, 0.2) is 12.0 Å². The predicted octanol–water partition coefficient (Wildman–Crippen LogP) is 0.991. The molecule has 2 unspecified atom stereocenters. The number of aliphatic hydroxyl groups is 1. The van der Waals surface area contributed by atoms with Gasteiger partial charge in [-0.15, -0.1) is 0 Å². The molecule has 0 amide bonds. The summed E-state index contributed by atoms with van der Waals surface area (Å²) in [6.45, 7) is 5.12. The van der Waals surface area contributed by atoms with E-state index < -0.39 is 11.9 Å². The van der Waals surface area contributed by atoms with E-state index in [0.717, 1.165) is 0 Å². The van der Waals surface area contributed by atoms with Gasteiger partial charge in [0.05, 0.1) is 0 Å². The van der Waals surface area contributed by atoms with Gasteiger partial charge in [0.15, 0.2) is 0 Å². The number of rotatable bonds is 1. The molecule has 0 fully saturated rings. The lowest BCUT2D eigenvalue weighted by molar-refractivity contribution is -0.193. The highest BCUT2D eigenvalue weighted by atomic mass is 16.7. The number of allylic oxidation sites excluding steroid dienone is 1. The molecule has 3 heteroatoms. The maximum absolute atomic E-state index is 9.15. The van der Waals surface area contributed by atoms with E-state index >= 15 is 0 Å². The Bertz CT molecular complexity index is 162. The first-order valence-corrected chi connectivity index (χ1v) is 3.26. The largest absolute Gasteiger partial charge is 0.454 e. The number of hydrogen-bond acceptors (Lipinski definition) is 3. The molecule has 0 spiro atoms. The first kappa shape index (κ1) is 7.41. The number of hydrogen-bond donors (Lipinski definition) is 1. The second kappa shape index (κ2) is 2.16. The maximum Gasteiger partial charge on any atom is 0.273 e. The molecule has 1 N–H and O–H groups in total. The third kappa shape index (κ3) is 1.09. The van der Waals surface area contributed by atoms with Crippen LogP contribution < -0.4 is 0 Å². The molecule has 1 rings (SSSR count). The van der Waals surface area contributed by atoms with Gasteiger partial charge in [-0.3, -0.25) is 0 Å². The third-order valence-corrected chi connectivity index (χ3v) is 1.58. The molecule has 10 heavy (non-hydrogen) atoms. The zero-order valence-corrected chi connectivity index (χ0v) is 6.42. The van der Waals surface area contributed by atoms with Crippen molar-refractivity contribution in [1.82, 2.24) is 0 Å². The van der Waals surface area contributed by atoms with Crippen LogP contribution in [0.25, 0.3) is 0 Å². The van der Waals surface area contributed by atoms with Crippen LogP contribution in [-0.2, 0) is 9.47 Å². The van der Waals surface area contributed by atoms with Gasteiger partial charge in [-0.1, -0.05) is 0 Å². The smallest absolute Gasteiger partial charge is 0.273 e. The van der Waals surface area contributed by atoms with Gasteiger partial charge in [0.1, 0.15) is 18.1 Å². The normalized spacial score (nSPS) is 34.2. The van der Waals surface area contributed by atoms with Crippen LogP contribution in [0.4, 0.5) is 0 Å². The second-order valence-corrected chi connectivity index (χ2v) is 2.64. The summed E-state index contributed by atoms with van der Waals surface area (Å²) in [5.74, 6) is -0.173. The Kier molecular flexibility index (Phi) is 1.60. The van der Waals surface area contributed by atoms with Gasteiger partial charge in [-0.2, -0.15) is 0 Å². The highest BCUT2D eigenvalue weighted by Crippen LogP contribution is 2.27. The molecule has 1 aliphatic heterocycles. The Morgan fingerprint density at radius 3 is 2.50 bits per heavy atom. The summed E-state index contributed by atoms with van der Waals surface area (Å²) in [6, 6.07) is 0. The average Bonchev–Trinajstić information content (AvgIpc) is 2.13. The fourth-order valence-corrected chi connectivity index (χ4v) is 0.752. The molecule has 0 saturated heterocycles. The minimum absolute atomic E-state index is 0.624. The van der Waals surface area contributed by atoms with E-state index in [4.69, 9.17) is 14.6 Å². The van der Waals surface area contributed by atoms with Gasteiger partial charge in [0.25, 0.3) is 5.79 Å². The molecule has 0 aromatic rings. The molecule has 0 aliphatic carbocycles. The first-order valence-electron chi connectivity index (χ1n) is 3.26. The van der Waals surface area contributed by atoms with E-state index in [1.807, 2.05) is 0 Å². The second-order valence-electron chi connectivity index (χ2n) is 2.64. The maximum atomic E-state index is 9.15. The lowest BCUT2D eigenvalue weighted by Crippen LogP contribution is -2.38. The monoisotopic (exact) mass is 144 g/mol. The third-order valence-electron chi connectivity index (χ3n) is 1.58. The molecule has 0 aromatic carbocycles. The lowest BCUT2D eigenvalue weighted by atomic mass is 10.2. The van der Waals surface area contributed by atoms with Crippen LogP contribution in [-0.4, -0.2) is 17.0 Å². The first-order chi connectivity index (χ1) is 4.54. The Balaban J connectivity index is 2.61. The van der Waals surface area contributed by atoms with E-state index in [1.54, 1.807) is 20.8 Å². The van der Waals surface area contributed by atoms with E-state index in [-0.39, 0.29) is 0 Å². The summed E-state index contributed by atoms with van der Waals surface area (Å²) in [5.41, 5.74) is 0. The molecule has 58 valence electrons. The summed E-state index contributed by atoms with van der Waals surface area (Å²) in [7, 11) is 0. The van der Waals surface area contributed by atoms with E-state index in [1.165, 1.54) is 6.26 Å². The molecule has 2 atom stereocenters. The Morgan fingerprint density at radius 2 is 2.30 bits per heavy atom. The van der Waals surface area contributed by atoms with E-state index in [0.29, 0.717) is 5.76 Å². The molecule has 1 aliphatic rings. The minimum atomic E-state index is -0.871. The molecule has 0 saturated carbocycles. The van der Waals surface area contributed by atoms with Crippen molar-refractivity contribution >= 4 is 0 Å². The minimum Gasteiger partial charge on any atom is -0.454 e. The van der Waals surface area contributed by atoms with Crippen LogP contribution in [0.2, 0.25) is 0 Å². The fourth-order valence-electron chi connectivity index (χ4n) is 0.752. The van der Waals surface area contributed by atoms with Crippen molar-refractivity contribution in [3.05, 3.63) is 12.0 Å². The van der Waals surface area contributed by atoms with Crippen molar-refractivity contribution in [2.75, 3.05) is 0 Å². The van der Waals surface area contributed by atoms with E-state index in [9.17, 15) is 0 Å². The topological polar surface area (TPSA) is 38.7 Å². The fraction of sp³-hybridized carbons (Fsp3) is 0.714. The van der Waals surface area contributed by atoms with Crippen LogP contribution in [0.3, 0.4) is 0 Å². The molecular weight excluding hydrogens is 132 g/mol. The van der Waals surface area contributed by atoms with Crippen molar-refractivity contribution in [2.45, 2.75) is 32.7 Å². The molecule has 0 aromatic heterocycles.